The van der Waals surface area contributed by atoms with E-state index in [1.807, 2.05) is 12.1 Å². The summed E-state index contributed by atoms with van der Waals surface area (Å²) in [6.07, 6.45) is 1.47. The number of hydrogen-bond acceptors (Lipinski definition) is 4. The van der Waals surface area contributed by atoms with E-state index in [1.165, 1.54) is 30.6 Å². The topological polar surface area (TPSA) is 92.5 Å². The first-order chi connectivity index (χ1) is 8.59. The van der Waals surface area contributed by atoms with Gasteiger partial charge in [-0.15, -0.1) is 11.6 Å². The van der Waals surface area contributed by atoms with Crippen molar-refractivity contribution in [1.82, 2.24) is 0 Å². The Balaban J connectivity index is 0.000000283. The predicted molar refractivity (Wildman–Crippen MR) is 76.8 cm³/mol. The second-order valence-corrected chi connectivity index (χ2v) is 3.15. The Kier molecular flexibility index (Phi) is 7.98. The fraction of sp³-hybridized carbons (Fsp3) is 0.0769. The summed E-state index contributed by atoms with van der Waals surface area (Å²) in [7, 11) is 0. The molecular formula is C13H17ClN2O2. The number of aromatic hydroxyl groups is 2. The van der Waals surface area contributed by atoms with Crippen molar-refractivity contribution >= 4 is 23.0 Å². The molecule has 0 aliphatic rings. The molecule has 0 bridgehead atoms. The van der Waals surface area contributed by atoms with Gasteiger partial charge in [0.1, 0.15) is 11.5 Å². The highest BCUT2D eigenvalue weighted by Crippen LogP contribution is 2.13. The van der Waals surface area contributed by atoms with E-state index in [4.69, 9.17) is 21.7 Å². The van der Waals surface area contributed by atoms with Crippen molar-refractivity contribution in [3.8, 4) is 11.5 Å². The lowest BCUT2D eigenvalue weighted by atomic mass is 10.3. The minimum Gasteiger partial charge on any atom is -0.508 e. The predicted octanol–water partition coefficient (Wildman–Crippen LogP) is 2.80. The summed E-state index contributed by atoms with van der Waals surface area (Å²) < 4.78 is 0. The molecule has 0 aliphatic carbocycles. The molecule has 98 valence electrons. The number of phenolic OH excluding ortho intramolecular Hbond substituents is 2. The van der Waals surface area contributed by atoms with Crippen LogP contribution in [0, 0.1) is 0 Å². The molecule has 2 aromatic rings. The molecule has 0 radical (unpaired) electrons. The lowest BCUT2D eigenvalue weighted by molar-refractivity contribution is 0.460. The maximum Gasteiger partial charge on any atom is 0.115 e. The van der Waals surface area contributed by atoms with Crippen LogP contribution in [0.25, 0.3) is 0 Å². The molecule has 0 unspecified atom stereocenters. The summed E-state index contributed by atoms with van der Waals surface area (Å²) in [5.74, 6) is 0.339. The molecule has 0 heterocycles. The number of benzene rings is 2. The Bertz CT molecular complexity index is 405. The lowest BCUT2D eigenvalue weighted by Crippen LogP contribution is -1.91. The summed E-state index contributed by atoms with van der Waals surface area (Å²) in [6, 6.07) is 13.0. The minimum atomic E-state index is 0.169. The van der Waals surface area contributed by atoms with Gasteiger partial charge >= 0.3 is 0 Å². The van der Waals surface area contributed by atoms with Crippen LogP contribution in [0.1, 0.15) is 0 Å². The highest BCUT2D eigenvalue weighted by atomic mass is 35.5. The third-order valence-electron chi connectivity index (χ3n) is 1.85. The summed E-state index contributed by atoms with van der Waals surface area (Å²) in [4.78, 5) is 0. The molecule has 6 N–H and O–H groups in total. The van der Waals surface area contributed by atoms with E-state index in [2.05, 4.69) is 11.6 Å². The third kappa shape index (κ3) is 6.50. The molecular weight excluding hydrogens is 252 g/mol. The van der Waals surface area contributed by atoms with Crippen LogP contribution in [0.5, 0.6) is 11.5 Å². The number of nitrogens with two attached hydrogens (primary N) is 2. The molecule has 0 fully saturated rings. The largest absolute Gasteiger partial charge is 0.508 e. The van der Waals surface area contributed by atoms with Gasteiger partial charge in [0, 0.05) is 6.38 Å². The van der Waals surface area contributed by atoms with E-state index in [0.29, 0.717) is 11.4 Å². The van der Waals surface area contributed by atoms with Crippen LogP contribution < -0.4 is 11.5 Å². The Labute approximate surface area is 111 Å². The van der Waals surface area contributed by atoms with Gasteiger partial charge in [0.05, 0.1) is 11.4 Å². The van der Waals surface area contributed by atoms with Gasteiger partial charge in [0.25, 0.3) is 0 Å². The molecule has 2 rings (SSSR count). The summed E-state index contributed by atoms with van der Waals surface area (Å²) >= 11 is 4.64. The monoisotopic (exact) mass is 268 g/mol. The van der Waals surface area contributed by atoms with E-state index in [-0.39, 0.29) is 11.5 Å². The molecule has 4 nitrogen and oxygen atoms in total. The van der Waals surface area contributed by atoms with Gasteiger partial charge in [-0.1, -0.05) is 12.1 Å². The highest BCUT2D eigenvalue weighted by molar-refractivity contribution is 6.15. The van der Waals surface area contributed by atoms with Crippen LogP contribution in [0.2, 0.25) is 0 Å². The first-order valence-corrected chi connectivity index (χ1v) is 5.81. The minimum absolute atomic E-state index is 0.169. The molecule has 0 aromatic heterocycles. The molecule has 0 spiro atoms. The SMILES string of the molecule is CCl.Nc1ccccc1N.Oc1ccc(O)cc1. The van der Waals surface area contributed by atoms with Gasteiger partial charge in [0.2, 0.25) is 0 Å². The smallest absolute Gasteiger partial charge is 0.115 e. The van der Waals surface area contributed by atoms with E-state index < -0.39 is 0 Å². The van der Waals surface area contributed by atoms with E-state index >= 15 is 0 Å². The zero-order valence-electron chi connectivity index (χ0n) is 10.0. The van der Waals surface area contributed by atoms with Crippen LogP contribution >= 0.6 is 11.6 Å². The molecule has 0 saturated carbocycles. The fourth-order valence-electron chi connectivity index (χ4n) is 0.964. The molecule has 18 heavy (non-hydrogen) atoms. The average molecular weight is 269 g/mol. The Hall–Kier alpha value is -2.07. The molecule has 0 aliphatic heterocycles. The van der Waals surface area contributed by atoms with Crippen molar-refractivity contribution in [2.75, 3.05) is 17.9 Å². The Morgan fingerprint density at radius 2 is 1.00 bits per heavy atom. The van der Waals surface area contributed by atoms with Crippen molar-refractivity contribution in [2.24, 2.45) is 0 Å². The molecule has 0 amide bonds. The number of rotatable bonds is 0. The second kappa shape index (κ2) is 9.01. The van der Waals surface area contributed by atoms with E-state index in [9.17, 15) is 0 Å². The first-order valence-electron chi connectivity index (χ1n) is 5.05. The number of phenols is 2. The van der Waals surface area contributed by atoms with Crippen molar-refractivity contribution in [3.63, 3.8) is 0 Å². The van der Waals surface area contributed by atoms with Crippen molar-refractivity contribution in [3.05, 3.63) is 48.5 Å². The molecule has 2 aromatic carbocycles. The number of para-hydroxylation sites is 2. The third-order valence-corrected chi connectivity index (χ3v) is 1.85. The normalized spacial score (nSPS) is 8.33. The average Bonchev–Trinajstić information content (AvgIpc) is 2.40. The second-order valence-electron chi connectivity index (χ2n) is 3.15. The van der Waals surface area contributed by atoms with Crippen molar-refractivity contribution in [1.29, 1.82) is 0 Å². The summed E-state index contributed by atoms with van der Waals surface area (Å²) in [5, 5.41) is 17.3. The van der Waals surface area contributed by atoms with Crippen LogP contribution in [-0.4, -0.2) is 16.6 Å². The van der Waals surface area contributed by atoms with E-state index in [0.717, 1.165) is 0 Å². The summed E-state index contributed by atoms with van der Waals surface area (Å²) in [5.41, 5.74) is 12.1. The van der Waals surface area contributed by atoms with Gasteiger partial charge in [-0.3, -0.25) is 0 Å². The Morgan fingerprint density at radius 3 is 1.22 bits per heavy atom. The van der Waals surface area contributed by atoms with Gasteiger partial charge in [-0.25, -0.2) is 0 Å². The van der Waals surface area contributed by atoms with Crippen molar-refractivity contribution in [2.45, 2.75) is 0 Å². The van der Waals surface area contributed by atoms with Crippen LogP contribution in [0.4, 0.5) is 11.4 Å². The van der Waals surface area contributed by atoms with Gasteiger partial charge < -0.3 is 21.7 Å². The Morgan fingerprint density at radius 1 is 0.722 bits per heavy atom. The van der Waals surface area contributed by atoms with Gasteiger partial charge in [-0.05, 0) is 36.4 Å². The maximum absolute atomic E-state index is 8.65. The number of halogens is 1. The first kappa shape index (κ1) is 15.9. The standard InChI is InChI=1S/C6H8N2.C6H6O2.CH3Cl/c7-5-3-1-2-4-6(5)8;7-5-1-2-6(8)4-3-5;1-2/h1-4H,7-8H2;1-4,7-8H;1H3. The lowest BCUT2D eigenvalue weighted by Gasteiger charge is -1.94. The zero-order chi connectivity index (χ0) is 14.0. The fourth-order valence-corrected chi connectivity index (χ4v) is 0.964. The number of nitrogen functional groups attached to an aromatic ring is 2. The number of alkyl halides is 1. The maximum atomic E-state index is 8.65. The molecule has 5 heteroatoms. The number of anilines is 2. The van der Waals surface area contributed by atoms with Crippen LogP contribution in [0.3, 0.4) is 0 Å². The van der Waals surface area contributed by atoms with E-state index in [1.54, 1.807) is 12.1 Å². The van der Waals surface area contributed by atoms with Crippen molar-refractivity contribution < 1.29 is 10.2 Å². The quantitative estimate of drug-likeness (QED) is 0.336. The summed E-state index contributed by atoms with van der Waals surface area (Å²) in [6.45, 7) is 0. The van der Waals surface area contributed by atoms with Crippen LogP contribution in [0.15, 0.2) is 48.5 Å². The highest BCUT2D eigenvalue weighted by Gasteiger charge is 1.85. The van der Waals surface area contributed by atoms with Crippen LogP contribution in [-0.2, 0) is 0 Å². The van der Waals surface area contributed by atoms with Gasteiger partial charge in [0.15, 0.2) is 0 Å². The number of hydrogen-bond donors (Lipinski definition) is 4. The van der Waals surface area contributed by atoms with Gasteiger partial charge in [-0.2, -0.15) is 0 Å². The molecule has 0 saturated heterocycles. The zero-order valence-corrected chi connectivity index (χ0v) is 10.8. The molecule has 0 atom stereocenters.